The molecule has 0 saturated heterocycles. The van der Waals surface area contributed by atoms with Gasteiger partial charge in [0.2, 0.25) is 0 Å². The van der Waals surface area contributed by atoms with Gasteiger partial charge in [-0.3, -0.25) is 0 Å². The number of hydrogen-bond acceptors (Lipinski definition) is 2. The van der Waals surface area contributed by atoms with Crippen molar-refractivity contribution in [2.45, 2.75) is 19.6 Å². The number of hydrogen-bond donors (Lipinski definition) is 1. The first-order chi connectivity index (χ1) is 6.29. The van der Waals surface area contributed by atoms with E-state index in [2.05, 4.69) is 0 Å². The monoisotopic (exact) mass is 178 g/mol. The van der Waals surface area contributed by atoms with E-state index in [-0.39, 0.29) is 0 Å². The molecular weight excluding hydrogens is 164 g/mol. The van der Waals surface area contributed by atoms with Crippen LogP contribution in [-0.4, -0.2) is 11.2 Å². The Bertz CT molecular complexity index is 252. The van der Waals surface area contributed by atoms with Crippen LogP contribution < -0.4 is 0 Å². The standard InChI is InChI=1S/C11H14O2/c1-10(12)7-8-13-9-11-5-3-2-4-6-11/h2-8,10,12H,9H2,1H3/t10-/m0/s1. The van der Waals surface area contributed by atoms with Crippen molar-refractivity contribution >= 4 is 0 Å². The van der Waals surface area contributed by atoms with Crippen LogP contribution in [0.4, 0.5) is 0 Å². The number of aliphatic hydroxyl groups is 1. The van der Waals surface area contributed by atoms with Gasteiger partial charge in [-0.2, -0.15) is 0 Å². The topological polar surface area (TPSA) is 29.5 Å². The molecule has 0 amide bonds. The van der Waals surface area contributed by atoms with Gasteiger partial charge in [-0.25, -0.2) is 0 Å². The summed E-state index contributed by atoms with van der Waals surface area (Å²) in [5, 5.41) is 8.88. The second-order valence-corrected chi connectivity index (χ2v) is 2.87. The van der Waals surface area contributed by atoms with Gasteiger partial charge in [-0.1, -0.05) is 30.3 Å². The van der Waals surface area contributed by atoms with Crippen molar-refractivity contribution in [2.75, 3.05) is 0 Å². The Balaban J connectivity index is 2.28. The first-order valence-corrected chi connectivity index (χ1v) is 4.29. The van der Waals surface area contributed by atoms with Crippen molar-refractivity contribution < 1.29 is 9.84 Å². The van der Waals surface area contributed by atoms with E-state index < -0.39 is 6.10 Å². The highest BCUT2D eigenvalue weighted by atomic mass is 16.5. The molecule has 0 bridgehead atoms. The van der Waals surface area contributed by atoms with Crippen molar-refractivity contribution in [3.63, 3.8) is 0 Å². The molecule has 0 aliphatic carbocycles. The maximum Gasteiger partial charge on any atom is 0.112 e. The molecule has 0 aliphatic heterocycles. The summed E-state index contributed by atoms with van der Waals surface area (Å²) in [5.41, 5.74) is 1.12. The second kappa shape index (κ2) is 5.38. The summed E-state index contributed by atoms with van der Waals surface area (Å²) in [7, 11) is 0. The SMILES string of the molecule is C[C@H](O)C=COCc1ccccc1. The van der Waals surface area contributed by atoms with Crippen LogP contribution in [0.25, 0.3) is 0 Å². The molecule has 0 fully saturated rings. The minimum Gasteiger partial charge on any atom is -0.497 e. The molecule has 2 heteroatoms. The minimum absolute atomic E-state index is 0.448. The van der Waals surface area contributed by atoms with E-state index in [0.717, 1.165) is 5.56 Å². The largest absolute Gasteiger partial charge is 0.497 e. The van der Waals surface area contributed by atoms with E-state index in [1.807, 2.05) is 30.3 Å². The highest BCUT2D eigenvalue weighted by Crippen LogP contribution is 2.00. The fourth-order valence-corrected chi connectivity index (χ4v) is 0.888. The Kier molecular flexibility index (Phi) is 4.06. The summed E-state index contributed by atoms with van der Waals surface area (Å²) in [5.74, 6) is 0. The molecule has 1 N–H and O–H groups in total. The molecule has 1 atom stereocenters. The lowest BCUT2D eigenvalue weighted by molar-refractivity contribution is 0.213. The van der Waals surface area contributed by atoms with E-state index in [4.69, 9.17) is 9.84 Å². The summed E-state index contributed by atoms with van der Waals surface area (Å²) in [4.78, 5) is 0. The maximum absolute atomic E-state index is 8.88. The molecular formula is C11H14O2. The van der Waals surface area contributed by atoms with Crippen molar-refractivity contribution in [1.82, 2.24) is 0 Å². The van der Waals surface area contributed by atoms with E-state index in [9.17, 15) is 0 Å². The fraction of sp³-hybridized carbons (Fsp3) is 0.273. The van der Waals surface area contributed by atoms with Gasteiger partial charge in [0.25, 0.3) is 0 Å². The summed E-state index contributed by atoms with van der Waals surface area (Å²) >= 11 is 0. The average Bonchev–Trinajstić information content (AvgIpc) is 2.14. The molecule has 0 unspecified atom stereocenters. The van der Waals surface area contributed by atoms with E-state index in [1.165, 1.54) is 6.26 Å². The van der Waals surface area contributed by atoms with E-state index >= 15 is 0 Å². The summed E-state index contributed by atoms with van der Waals surface area (Å²) in [6.45, 7) is 2.23. The van der Waals surface area contributed by atoms with Crippen LogP contribution in [0.15, 0.2) is 42.7 Å². The molecule has 0 aromatic heterocycles. The Hall–Kier alpha value is -1.28. The highest BCUT2D eigenvalue weighted by Gasteiger charge is 1.88. The summed E-state index contributed by atoms with van der Waals surface area (Å²) < 4.78 is 5.19. The Labute approximate surface area is 78.5 Å². The summed E-state index contributed by atoms with van der Waals surface area (Å²) in [6.07, 6.45) is 2.68. The van der Waals surface area contributed by atoms with Gasteiger partial charge in [0, 0.05) is 0 Å². The molecule has 2 nitrogen and oxygen atoms in total. The lowest BCUT2D eigenvalue weighted by atomic mass is 10.2. The number of aliphatic hydroxyl groups excluding tert-OH is 1. The third-order valence-electron chi connectivity index (χ3n) is 1.55. The molecule has 70 valence electrons. The Morgan fingerprint density at radius 3 is 2.69 bits per heavy atom. The van der Waals surface area contributed by atoms with E-state index in [1.54, 1.807) is 13.0 Å². The van der Waals surface area contributed by atoms with Crippen LogP contribution in [0.3, 0.4) is 0 Å². The molecule has 1 aromatic carbocycles. The van der Waals surface area contributed by atoms with Gasteiger partial charge in [0.1, 0.15) is 6.61 Å². The zero-order chi connectivity index (χ0) is 9.52. The Morgan fingerprint density at radius 1 is 1.38 bits per heavy atom. The van der Waals surface area contributed by atoms with Gasteiger partial charge in [0.05, 0.1) is 12.4 Å². The van der Waals surface area contributed by atoms with Crippen molar-refractivity contribution in [1.29, 1.82) is 0 Å². The lowest BCUT2D eigenvalue weighted by Gasteiger charge is -2.00. The number of rotatable bonds is 4. The molecule has 1 rings (SSSR count). The Morgan fingerprint density at radius 2 is 2.08 bits per heavy atom. The van der Waals surface area contributed by atoms with Crippen molar-refractivity contribution in [3.8, 4) is 0 Å². The molecule has 13 heavy (non-hydrogen) atoms. The third-order valence-corrected chi connectivity index (χ3v) is 1.55. The predicted molar refractivity (Wildman–Crippen MR) is 52.1 cm³/mol. The van der Waals surface area contributed by atoms with Gasteiger partial charge < -0.3 is 9.84 Å². The molecule has 0 spiro atoms. The van der Waals surface area contributed by atoms with Crippen LogP contribution in [0, 0.1) is 0 Å². The van der Waals surface area contributed by atoms with Crippen LogP contribution in [0.1, 0.15) is 12.5 Å². The predicted octanol–water partition coefficient (Wildman–Crippen LogP) is 2.10. The normalized spacial score (nSPS) is 13.1. The van der Waals surface area contributed by atoms with Crippen molar-refractivity contribution in [3.05, 3.63) is 48.2 Å². The molecule has 1 aromatic rings. The van der Waals surface area contributed by atoms with Gasteiger partial charge in [-0.15, -0.1) is 0 Å². The fourth-order valence-electron chi connectivity index (χ4n) is 0.888. The zero-order valence-corrected chi connectivity index (χ0v) is 7.68. The number of benzene rings is 1. The quantitative estimate of drug-likeness (QED) is 0.715. The minimum atomic E-state index is -0.448. The molecule has 0 saturated carbocycles. The first kappa shape index (κ1) is 9.81. The maximum atomic E-state index is 8.88. The van der Waals surface area contributed by atoms with Crippen molar-refractivity contribution in [2.24, 2.45) is 0 Å². The van der Waals surface area contributed by atoms with Gasteiger partial charge in [-0.05, 0) is 18.6 Å². The average molecular weight is 178 g/mol. The zero-order valence-electron chi connectivity index (χ0n) is 7.68. The lowest BCUT2D eigenvalue weighted by Crippen LogP contribution is -1.93. The van der Waals surface area contributed by atoms with Gasteiger partial charge >= 0.3 is 0 Å². The molecule has 0 radical (unpaired) electrons. The van der Waals surface area contributed by atoms with Crippen LogP contribution in [-0.2, 0) is 11.3 Å². The van der Waals surface area contributed by atoms with Crippen LogP contribution in [0.5, 0.6) is 0 Å². The van der Waals surface area contributed by atoms with Gasteiger partial charge in [0.15, 0.2) is 0 Å². The van der Waals surface area contributed by atoms with Crippen LogP contribution >= 0.6 is 0 Å². The highest BCUT2D eigenvalue weighted by molar-refractivity contribution is 5.13. The third kappa shape index (κ3) is 4.33. The molecule has 0 heterocycles. The first-order valence-electron chi connectivity index (χ1n) is 4.29. The second-order valence-electron chi connectivity index (χ2n) is 2.87. The van der Waals surface area contributed by atoms with Crippen LogP contribution in [0.2, 0.25) is 0 Å². The smallest absolute Gasteiger partial charge is 0.112 e. The van der Waals surface area contributed by atoms with E-state index in [0.29, 0.717) is 6.61 Å². The molecule has 0 aliphatic rings. The summed E-state index contributed by atoms with van der Waals surface area (Å²) in [6, 6.07) is 9.90. The number of ether oxygens (including phenoxy) is 1.